The van der Waals surface area contributed by atoms with Crippen molar-refractivity contribution in [3.8, 4) is 0 Å². The van der Waals surface area contributed by atoms with Crippen LogP contribution in [0.1, 0.15) is 5.56 Å². The molecule has 22 heavy (non-hydrogen) atoms. The number of aryl methyl sites for hydroxylation is 2. The molecule has 4 heteroatoms. The number of rotatable bonds is 6. The molecule has 0 fully saturated rings. The van der Waals surface area contributed by atoms with E-state index in [1.165, 1.54) is 5.56 Å². The van der Waals surface area contributed by atoms with Crippen LogP contribution in [0, 0.1) is 0 Å². The van der Waals surface area contributed by atoms with E-state index in [1.54, 1.807) is 11.7 Å². The van der Waals surface area contributed by atoms with Crippen LogP contribution in [-0.2, 0) is 24.2 Å². The molecule has 0 bridgehead atoms. The maximum atomic E-state index is 12.7. The van der Waals surface area contributed by atoms with Crippen LogP contribution in [0.3, 0.4) is 0 Å². The summed E-state index contributed by atoms with van der Waals surface area (Å²) in [6.45, 7) is 1.98. The molecule has 4 nitrogen and oxygen atoms in total. The van der Waals surface area contributed by atoms with Crippen molar-refractivity contribution in [1.29, 1.82) is 0 Å². The molecule has 0 aliphatic rings. The fraction of sp³-hybridized carbons (Fsp3) is 0.278. The van der Waals surface area contributed by atoms with E-state index >= 15 is 0 Å². The molecule has 114 valence electrons. The Labute approximate surface area is 129 Å². The van der Waals surface area contributed by atoms with E-state index in [0.29, 0.717) is 19.7 Å². The van der Waals surface area contributed by atoms with Crippen molar-refractivity contribution in [2.45, 2.75) is 19.5 Å². The molecular weight excluding hydrogens is 276 g/mol. The molecule has 0 radical (unpaired) electrons. The van der Waals surface area contributed by atoms with Crippen molar-refractivity contribution in [1.82, 2.24) is 9.13 Å². The van der Waals surface area contributed by atoms with Gasteiger partial charge in [-0.25, -0.2) is 0 Å². The maximum Gasteiger partial charge on any atom is 0.275 e. The number of pyridine rings is 1. The van der Waals surface area contributed by atoms with Crippen LogP contribution < -0.4 is 5.56 Å². The minimum atomic E-state index is 0.0644. The first-order valence-corrected chi connectivity index (χ1v) is 7.51. The van der Waals surface area contributed by atoms with E-state index in [4.69, 9.17) is 4.74 Å². The van der Waals surface area contributed by atoms with Gasteiger partial charge in [-0.15, -0.1) is 0 Å². The molecule has 0 amide bonds. The predicted molar refractivity (Wildman–Crippen MR) is 88.2 cm³/mol. The number of hydrogen-bond donors (Lipinski definition) is 0. The lowest BCUT2D eigenvalue weighted by Gasteiger charge is -2.08. The molecule has 0 saturated heterocycles. The summed E-state index contributed by atoms with van der Waals surface area (Å²) in [7, 11) is 1.67. The largest absolute Gasteiger partial charge is 0.383 e. The predicted octanol–water partition coefficient (Wildman–Crippen LogP) is 2.69. The molecule has 0 N–H and O–H groups in total. The van der Waals surface area contributed by atoms with Crippen molar-refractivity contribution in [3.05, 3.63) is 70.8 Å². The number of ether oxygens (including phenoxy) is 1. The van der Waals surface area contributed by atoms with Crippen LogP contribution >= 0.6 is 0 Å². The first kappa shape index (κ1) is 14.6. The van der Waals surface area contributed by atoms with Crippen LogP contribution in [0.15, 0.2) is 59.7 Å². The Bertz CT molecular complexity index is 803. The zero-order valence-electron chi connectivity index (χ0n) is 12.7. The molecule has 3 aromatic rings. The minimum Gasteiger partial charge on any atom is -0.383 e. The summed E-state index contributed by atoms with van der Waals surface area (Å²) in [6, 6.07) is 14.2. The Balaban J connectivity index is 1.87. The van der Waals surface area contributed by atoms with Crippen LogP contribution in [0.5, 0.6) is 0 Å². The summed E-state index contributed by atoms with van der Waals surface area (Å²) < 4.78 is 8.87. The van der Waals surface area contributed by atoms with E-state index in [9.17, 15) is 4.79 Å². The number of fused-ring (bicyclic) bond motifs is 1. The Morgan fingerprint density at radius 1 is 0.955 bits per heavy atom. The number of methoxy groups -OCH3 is 1. The molecule has 0 atom stereocenters. The first-order valence-electron chi connectivity index (χ1n) is 7.51. The second-order valence-electron chi connectivity index (χ2n) is 5.36. The SMILES string of the molecule is COCCn1ccc2ccn(CCc3ccccc3)c(=O)c21. The van der Waals surface area contributed by atoms with E-state index in [0.717, 1.165) is 17.3 Å². The van der Waals surface area contributed by atoms with Gasteiger partial charge in [-0.3, -0.25) is 4.79 Å². The highest BCUT2D eigenvalue weighted by Gasteiger charge is 2.08. The Hall–Kier alpha value is -2.33. The highest BCUT2D eigenvalue weighted by molar-refractivity contribution is 5.78. The third-order valence-electron chi connectivity index (χ3n) is 3.91. The quantitative estimate of drug-likeness (QED) is 0.701. The monoisotopic (exact) mass is 296 g/mol. The number of aromatic nitrogens is 2. The normalized spacial score (nSPS) is 11.1. The average Bonchev–Trinajstić information content (AvgIpc) is 2.97. The van der Waals surface area contributed by atoms with Gasteiger partial charge in [-0.2, -0.15) is 0 Å². The second-order valence-corrected chi connectivity index (χ2v) is 5.36. The number of hydrogen-bond acceptors (Lipinski definition) is 2. The van der Waals surface area contributed by atoms with Crippen molar-refractivity contribution in [3.63, 3.8) is 0 Å². The lowest BCUT2D eigenvalue weighted by atomic mass is 10.1. The standard InChI is InChI=1S/C18H20N2O2/c1-22-14-13-19-11-8-16-9-12-20(18(21)17(16)19)10-7-15-5-3-2-4-6-15/h2-6,8-9,11-12H,7,10,13-14H2,1H3. The number of nitrogens with zero attached hydrogens (tertiary/aromatic N) is 2. The lowest BCUT2D eigenvalue weighted by molar-refractivity contribution is 0.188. The molecule has 0 spiro atoms. The molecule has 2 aromatic heterocycles. The summed E-state index contributed by atoms with van der Waals surface area (Å²) in [4.78, 5) is 12.7. The van der Waals surface area contributed by atoms with Crippen molar-refractivity contribution in [2.24, 2.45) is 0 Å². The van der Waals surface area contributed by atoms with Gasteiger partial charge in [0.05, 0.1) is 6.61 Å². The average molecular weight is 296 g/mol. The van der Waals surface area contributed by atoms with Gasteiger partial charge in [-0.1, -0.05) is 30.3 Å². The van der Waals surface area contributed by atoms with Crippen molar-refractivity contribution < 1.29 is 4.74 Å². The highest BCUT2D eigenvalue weighted by Crippen LogP contribution is 2.11. The summed E-state index contributed by atoms with van der Waals surface area (Å²) in [5, 5.41) is 0.983. The molecule has 0 aliphatic heterocycles. The van der Waals surface area contributed by atoms with Gasteiger partial charge in [0.1, 0.15) is 5.52 Å². The van der Waals surface area contributed by atoms with Gasteiger partial charge in [0.15, 0.2) is 0 Å². The fourth-order valence-corrected chi connectivity index (χ4v) is 2.69. The molecular formula is C18H20N2O2. The Morgan fingerprint density at radius 2 is 1.68 bits per heavy atom. The maximum absolute atomic E-state index is 12.7. The molecule has 1 aromatic carbocycles. The summed E-state index contributed by atoms with van der Waals surface area (Å²) in [5.41, 5.74) is 2.06. The third-order valence-corrected chi connectivity index (χ3v) is 3.91. The lowest BCUT2D eigenvalue weighted by Crippen LogP contribution is -2.22. The van der Waals surface area contributed by atoms with Gasteiger partial charge in [0.25, 0.3) is 5.56 Å². The van der Waals surface area contributed by atoms with Gasteiger partial charge < -0.3 is 13.9 Å². The van der Waals surface area contributed by atoms with Gasteiger partial charge in [-0.05, 0) is 24.1 Å². The summed E-state index contributed by atoms with van der Waals surface area (Å²) in [5.74, 6) is 0. The van der Waals surface area contributed by atoms with Crippen LogP contribution in [0.2, 0.25) is 0 Å². The molecule has 0 aliphatic carbocycles. The summed E-state index contributed by atoms with van der Waals surface area (Å²) >= 11 is 0. The van der Waals surface area contributed by atoms with Gasteiger partial charge in [0, 0.05) is 38.0 Å². The van der Waals surface area contributed by atoms with Crippen LogP contribution in [-0.4, -0.2) is 22.9 Å². The Kier molecular flexibility index (Phi) is 4.39. The van der Waals surface area contributed by atoms with E-state index in [1.807, 2.05) is 47.3 Å². The highest BCUT2D eigenvalue weighted by atomic mass is 16.5. The van der Waals surface area contributed by atoms with Crippen LogP contribution in [0.25, 0.3) is 10.9 Å². The molecule has 3 rings (SSSR count). The molecule has 2 heterocycles. The topological polar surface area (TPSA) is 36.2 Å². The zero-order valence-corrected chi connectivity index (χ0v) is 12.7. The van der Waals surface area contributed by atoms with E-state index in [2.05, 4.69) is 12.1 Å². The number of benzene rings is 1. The molecule has 0 saturated carbocycles. The minimum absolute atomic E-state index is 0.0644. The van der Waals surface area contributed by atoms with Gasteiger partial charge in [0.2, 0.25) is 0 Å². The van der Waals surface area contributed by atoms with Crippen molar-refractivity contribution >= 4 is 10.9 Å². The fourth-order valence-electron chi connectivity index (χ4n) is 2.69. The zero-order chi connectivity index (χ0) is 15.4. The van der Waals surface area contributed by atoms with Crippen molar-refractivity contribution in [2.75, 3.05) is 13.7 Å². The second kappa shape index (κ2) is 6.62. The smallest absolute Gasteiger partial charge is 0.275 e. The van der Waals surface area contributed by atoms with E-state index < -0.39 is 0 Å². The van der Waals surface area contributed by atoms with E-state index in [-0.39, 0.29) is 5.56 Å². The van der Waals surface area contributed by atoms with Crippen LogP contribution in [0.4, 0.5) is 0 Å². The Morgan fingerprint density at radius 3 is 2.41 bits per heavy atom. The first-order chi connectivity index (χ1) is 10.8. The molecule has 0 unspecified atom stereocenters. The summed E-state index contributed by atoms with van der Waals surface area (Å²) in [6.07, 6.45) is 4.69. The third kappa shape index (κ3) is 2.97. The van der Waals surface area contributed by atoms with Gasteiger partial charge >= 0.3 is 0 Å².